The zero-order valence-corrected chi connectivity index (χ0v) is 12.5. The van der Waals surface area contributed by atoms with Gasteiger partial charge in [-0.05, 0) is 38.1 Å². The summed E-state index contributed by atoms with van der Waals surface area (Å²) in [6.07, 6.45) is 5.49. The van der Waals surface area contributed by atoms with Crippen LogP contribution in [0.15, 0.2) is 0 Å². The Hall–Kier alpha value is -1.12. The molecule has 0 atom stereocenters. The molecule has 1 heterocycles. The molecule has 1 aliphatic carbocycles. The summed E-state index contributed by atoms with van der Waals surface area (Å²) >= 11 is 0. The van der Waals surface area contributed by atoms with Crippen molar-refractivity contribution in [3.63, 3.8) is 0 Å². The number of hydrogen-bond donors (Lipinski definition) is 1. The second-order valence-corrected chi connectivity index (χ2v) is 6.13. The minimum atomic E-state index is 0.129. The molecular weight excluding hydrogens is 252 g/mol. The maximum atomic E-state index is 12.0. The molecule has 0 aromatic heterocycles. The lowest BCUT2D eigenvalue weighted by molar-refractivity contribution is -0.131. The molecule has 5 nitrogen and oxygen atoms in total. The van der Waals surface area contributed by atoms with Crippen LogP contribution < -0.4 is 5.32 Å². The van der Waals surface area contributed by atoms with E-state index in [1.807, 2.05) is 0 Å². The van der Waals surface area contributed by atoms with Crippen LogP contribution in [0.2, 0.25) is 0 Å². The van der Waals surface area contributed by atoms with Crippen molar-refractivity contribution in [2.75, 3.05) is 39.8 Å². The molecular formula is C15H26N4O. The zero-order valence-electron chi connectivity index (χ0n) is 12.5. The van der Waals surface area contributed by atoms with E-state index in [4.69, 9.17) is 5.26 Å². The van der Waals surface area contributed by atoms with Crippen LogP contribution in [0.5, 0.6) is 0 Å². The molecule has 5 heteroatoms. The fourth-order valence-electron chi connectivity index (χ4n) is 2.60. The number of nitrogens with zero attached hydrogens (tertiary/aromatic N) is 3. The van der Waals surface area contributed by atoms with Gasteiger partial charge in [0.2, 0.25) is 5.91 Å². The normalized spacial score (nSPS) is 20.6. The summed E-state index contributed by atoms with van der Waals surface area (Å²) in [5.74, 6) is 1.06. The summed E-state index contributed by atoms with van der Waals surface area (Å²) in [5.41, 5.74) is 0. The first-order chi connectivity index (χ1) is 9.69. The maximum absolute atomic E-state index is 12.0. The zero-order chi connectivity index (χ0) is 14.4. The molecule has 2 aliphatic rings. The summed E-state index contributed by atoms with van der Waals surface area (Å²) in [6.45, 7) is 4.22. The lowest BCUT2D eigenvalue weighted by Gasteiger charge is -2.33. The first kappa shape index (κ1) is 15.3. The number of hydrogen-bond acceptors (Lipinski definition) is 4. The molecule has 0 aromatic rings. The highest BCUT2D eigenvalue weighted by atomic mass is 16.2. The molecule has 1 aliphatic heterocycles. The van der Waals surface area contributed by atoms with E-state index in [9.17, 15) is 4.79 Å². The quantitative estimate of drug-likeness (QED) is 0.749. The van der Waals surface area contributed by atoms with Gasteiger partial charge in [0.05, 0.1) is 19.0 Å². The lowest BCUT2D eigenvalue weighted by Crippen LogP contribution is -2.46. The number of likely N-dealkylation sites (tertiary alicyclic amines) is 1. The minimum absolute atomic E-state index is 0.129. The van der Waals surface area contributed by atoms with E-state index in [1.54, 1.807) is 11.9 Å². The highest BCUT2D eigenvalue weighted by Crippen LogP contribution is 2.28. The van der Waals surface area contributed by atoms with Crippen LogP contribution in [0.25, 0.3) is 0 Å². The largest absolute Gasteiger partial charge is 0.344 e. The number of nitriles is 1. The third-order valence-electron chi connectivity index (χ3n) is 4.32. The predicted molar refractivity (Wildman–Crippen MR) is 78.1 cm³/mol. The van der Waals surface area contributed by atoms with Crippen molar-refractivity contribution < 1.29 is 4.79 Å². The maximum Gasteiger partial charge on any atom is 0.236 e. The molecule has 1 saturated carbocycles. The number of rotatable bonds is 7. The van der Waals surface area contributed by atoms with Crippen molar-refractivity contribution in [3.05, 3.63) is 0 Å². The molecule has 2 fully saturated rings. The van der Waals surface area contributed by atoms with Gasteiger partial charge in [-0.25, -0.2) is 0 Å². The van der Waals surface area contributed by atoms with Gasteiger partial charge in [-0.2, -0.15) is 5.26 Å². The lowest BCUT2D eigenvalue weighted by atomic mass is 10.0. The van der Waals surface area contributed by atoms with Crippen LogP contribution in [0.1, 0.15) is 32.1 Å². The Morgan fingerprint density at radius 3 is 2.65 bits per heavy atom. The van der Waals surface area contributed by atoms with Crippen molar-refractivity contribution in [2.45, 2.75) is 38.1 Å². The number of piperidine rings is 1. The Kier molecular flexibility index (Phi) is 5.81. The fraction of sp³-hybridized carbons (Fsp3) is 0.867. The van der Waals surface area contributed by atoms with Crippen LogP contribution in [-0.2, 0) is 4.79 Å². The van der Waals surface area contributed by atoms with Crippen LogP contribution in [0.4, 0.5) is 0 Å². The Labute approximate surface area is 121 Å². The molecule has 1 saturated heterocycles. The molecule has 2 rings (SSSR count). The summed E-state index contributed by atoms with van der Waals surface area (Å²) in [7, 11) is 1.78. The van der Waals surface area contributed by atoms with Crippen LogP contribution in [0, 0.1) is 17.2 Å². The molecule has 20 heavy (non-hydrogen) atoms. The second kappa shape index (κ2) is 7.61. The number of likely N-dealkylation sites (N-methyl/N-ethyl adjacent to an activating group) is 1. The van der Waals surface area contributed by atoms with E-state index in [2.05, 4.69) is 16.3 Å². The van der Waals surface area contributed by atoms with Gasteiger partial charge in [-0.15, -0.1) is 0 Å². The Morgan fingerprint density at radius 1 is 1.35 bits per heavy atom. The third-order valence-corrected chi connectivity index (χ3v) is 4.32. The fourth-order valence-corrected chi connectivity index (χ4v) is 2.60. The first-order valence-corrected chi connectivity index (χ1v) is 7.75. The van der Waals surface area contributed by atoms with Crippen LogP contribution >= 0.6 is 0 Å². The Bertz CT molecular complexity index is 353. The van der Waals surface area contributed by atoms with Gasteiger partial charge >= 0.3 is 0 Å². The van der Waals surface area contributed by atoms with E-state index < -0.39 is 0 Å². The number of nitrogens with one attached hydrogen (secondary N) is 1. The number of carbonyl (C=O) groups is 1. The number of carbonyl (C=O) groups excluding carboxylic acids is 1. The van der Waals surface area contributed by atoms with E-state index in [0.717, 1.165) is 31.8 Å². The monoisotopic (exact) mass is 278 g/mol. The van der Waals surface area contributed by atoms with Gasteiger partial charge in [-0.1, -0.05) is 0 Å². The minimum Gasteiger partial charge on any atom is -0.344 e. The van der Waals surface area contributed by atoms with Crippen LogP contribution in [-0.4, -0.2) is 61.5 Å². The Morgan fingerprint density at radius 2 is 2.05 bits per heavy atom. The molecule has 1 N–H and O–H groups in total. The topological polar surface area (TPSA) is 59.4 Å². The van der Waals surface area contributed by atoms with Gasteiger partial charge in [0, 0.05) is 32.7 Å². The van der Waals surface area contributed by atoms with Crippen molar-refractivity contribution in [2.24, 2.45) is 5.92 Å². The standard InChI is InChI=1S/C15H26N4O/c1-18(8-2-7-16)15(20)12-19-9-5-14(6-10-19)17-11-13-3-4-13/h13-14,17H,2-6,8-12H2,1H3. The molecule has 0 bridgehead atoms. The average molecular weight is 278 g/mol. The van der Waals surface area contributed by atoms with Gasteiger partial charge in [0.15, 0.2) is 0 Å². The van der Waals surface area contributed by atoms with Gasteiger partial charge in [0.1, 0.15) is 0 Å². The van der Waals surface area contributed by atoms with Gasteiger partial charge in [0.25, 0.3) is 0 Å². The molecule has 0 unspecified atom stereocenters. The van der Waals surface area contributed by atoms with Crippen molar-refractivity contribution >= 4 is 5.91 Å². The van der Waals surface area contributed by atoms with Crippen molar-refractivity contribution in [3.8, 4) is 6.07 Å². The molecule has 1 amide bonds. The van der Waals surface area contributed by atoms with Crippen LogP contribution in [0.3, 0.4) is 0 Å². The van der Waals surface area contributed by atoms with E-state index in [-0.39, 0.29) is 5.91 Å². The molecule has 112 valence electrons. The summed E-state index contributed by atoms with van der Waals surface area (Å²) in [4.78, 5) is 15.9. The smallest absolute Gasteiger partial charge is 0.236 e. The highest BCUT2D eigenvalue weighted by Gasteiger charge is 2.25. The molecule has 0 spiro atoms. The molecule has 0 aromatic carbocycles. The van der Waals surface area contributed by atoms with Crippen molar-refractivity contribution in [1.29, 1.82) is 5.26 Å². The molecule has 0 radical (unpaired) electrons. The van der Waals surface area contributed by atoms with E-state index in [1.165, 1.54) is 19.4 Å². The first-order valence-electron chi connectivity index (χ1n) is 7.75. The second-order valence-electron chi connectivity index (χ2n) is 6.13. The predicted octanol–water partition coefficient (Wildman–Crippen LogP) is 0.822. The SMILES string of the molecule is CN(CCC#N)C(=O)CN1CCC(NCC2CC2)CC1. The summed E-state index contributed by atoms with van der Waals surface area (Å²) in [6, 6.07) is 2.71. The van der Waals surface area contributed by atoms with Gasteiger partial charge in [-0.3, -0.25) is 9.69 Å². The summed E-state index contributed by atoms with van der Waals surface area (Å²) < 4.78 is 0. The van der Waals surface area contributed by atoms with Gasteiger partial charge < -0.3 is 10.2 Å². The van der Waals surface area contributed by atoms with Crippen molar-refractivity contribution in [1.82, 2.24) is 15.1 Å². The highest BCUT2D eigenvalue weighted by molar-refractivity contribution is 5.78. The summed E-state index contributed by atoms with van der Waals surface area (Å²) in [5, 5.41) is 12.2. The average Bonchev–Trinajstić information content (AvgIpc) is 3.28. The van der Waals surface area contributed by atoms with E-state index in [0.29, 0.717) is 25.6 Å². The third kappa shape index (κ3) is 5.10. The number of amides is 1. The van der Waals surface area contributed by atoms with E-state index >= 15 is 0 Å². The Balaban J connectivity index is 1.60.